The number of hydrogen-bond acceptors (Lipinski definition) is 6. The zero-order chi connectivity index (χ0) is 25.8. The van der Waals surface area contributed by atoms with E-state index >= 15 is 0 Å². The highest BCUT2D eigenvalue weighted by molar-refractivity contribution is 7.90. The Balaban J connectivity index is 1.37. The number of carbonyl (C=O) groups is 2. The number of nitrogens with zero attached hydrogens (tertiary/aromatic N) is 2. The number of alkyl halides is 1. The van der Waals surface area contributed by atoms with Crippen molar-refractivity contribution in [2.45, 2.75) is 114 Å². The van der Waals surface area contributed by atoms with Crippen LogP contribution in [0.15, 0.2) is 0 Å². The van der Waals surface area contributed by atoms with Gasteiger partial charge in [-0.15, -0.1) is 0 Å². The highest BCUT2D eigenvalue weighted by Crippen LogP contribution is 2.41. The maximum absolute atomic E-state index is 13.8. The van der Waals surface area contributed by atoms with Gasteiger partial charge in [-0.05, 0) is 84.5 Å². The molecule has 3 aliphatic carbocycles. The van der Waals surface area contributed by atoms with Crippen LogP contribution in [0.4, 0.5) is 9.18 Å². The van der Waals surface area contributed by atoms with Crippen LogP contribution in [-0.4, -0.2) is 78.4 Å². The summed E-state index contributed by atoms with van der Waals surface area (Å²) in [4.78, 5) is 36.3. The number of hydrogen-bond donors (Lipinski definition) is 2. The van der Waals surface area contributed by atoms with E-state index in [-0.39, 0.29) is 60.5 Å². The molecule has 0 spiro atoms. The van der Waals surface area contributed by atoms with Gasteiger partial charge in [-0.2, -0.15) is 5.48 Å². The summed E-state index contributed by atoms with van der Waals surface area (Å²) in [5.74, 6) is -0.678. The molecular weight excluding hydrogens is 487 g/mol. The van der Waals surface area contributed by atoms with E-state index < -0.39 is 27.4 Å². The van der Waals surface area contributed by atoms with Gasteiger partial charge in [0.1, 0.15) is 6.17 Å². The molecule has 2 saturated heterocycles. The van der Waals surface area contributed by atoms with E-state index in [2.05, 4.69) is 10.2 Å². The van der Waals surface area contributed by atoms with E-state index in [1.54, 1.807) is 0 Å². The molecule has 3 saturated carbocycles. The molecule has 0 bridgehead atoms. The molecule has 3 amide bonds. The Morgan fingerprint density at radius 2 is 1.78 bits per heavy atom. The van der Waals surface area contributed by atoms with Gasteiger partial charge in [0, 0.05) is 36.6 Å². The average molecular weight is 529 g/mol. The molecule has 5 aliphatic rings. The number of urea groups is 1. The van der Waals surface area contributed by atoms with E-state index in [4.69, 9.17) is 4.84 Å². The SMILES string of the molecule is CC1NOC(C)C1CN1C(=O)C2CC(S(=O)(=O)NC3(C)CC3)CCC2N(CC2CCC(F)CC2)C1=O. The number of carbonyl (C=O) groups excluding carboxylic acids is 2. The van der Waals surface area contributed by atoms with Gasteiger partial charge in [0.2, 0.25) is 15.9 Å². The van der Waals surface area contributed by atoms with Crippen molar-refractivity contribution in [3.05, 3.63) is 0 Å². The minimum Gasteiger partial charge on any atom is -0.320 e. The Morgan fingerprint density at radius 3 is 2.39 bits per heavy atom. The Morgan fingerprint density at radius 1 is 1.08 bits per heavy atom. The normalized spacial score (nSPS) is 40.9. The van der Waals surface area contributed by atoms with Crippen LogP contribution in [0.25, 0.3) is 0 Å². The smallest absolute Gasteiger partial charge is 0.320 e. The lowest BCUT2D eigenvalue weighted by Gasteiger charge is -2.49. The van der Waals surface area contributed by atoms with E-state index in [0.29, 0.717) is 32.2 Å². The Kier molecular flexibility index (Phi) is 7.15. The molecule has 6 atom stereocenters. The van der Waals surface area contributed by atoms with Crippen molar-refractivity contribution >= 4 is 22.0 Å². The minimum atomic E-state index is -3.57. The number of halogens is 1. The molecule has 2 aliphatic heterocycles. The Labute approximate surface area is 213 Å². The van der Waals surface area contributed by atoms with E-state index in [1.165, 1.54) is 4.90 Å². The monoisotopic (exact) mass is 528 g/mol. The molecule has 6 unspecified atom stereocenters. The summed E-state index contributed by atoms with van der Waals surface area (Å²) < 4.78 is 43.0. The molecule has 0 aromatic carbocycles. The third-order valence-corrected chi connectivity index (χ3v) is 11.4. The maximum Gasteiger partial charge on any atom is 0.326 e. The van der Waals surface area contributed by atoms with E-state index in [9.17, 15) is 22.4 Å². The molecule has 5 fully saturated rings. The first-order valence-electron chi connectivity index (χ1n) is 13.7. The molecule has 0 radical (unpaired) electrons. The molecule has 5 rings (SSSR count). The Hall–Kier alpha value is -1.30. The number of imide groups is 1. The van der Waals surface area contributed by atoms with Crippen molar-refractivity contribution in [2.75, 3.05) is 13.1 Å². The van der Waals surface area contributed by atoms with Crippen LogP contribution in [0, 0.1) is 17.8 Å². The van der Waals surface area contributed by atoms with Crippen LogP contribution < -0.4 is 10.2 Å². The lowest BCUT2D eigenvalue weighted by Crippen LogP contribution is -2.65. The number of fused-ring (bicyclic) bond motifs is 1. The molecule has 2 N–H and O–H groups in total. The van der Waals surface area contributed by atoms with Gasteiger partial charge in [-0.25, -0.2) is 22.3 Å². The molecule has 2 heterocycles. The second-order valence-electron chi connectivity index (χ2n) is 12.2. The number of hydroxylamine groups is 1. The van der Waals surface area contributed by atoms with Gasteiger partial charge < -0.3 is 4.90 Å². The molecule has 0 aromatic heterocycles. The zero-order valence-electron chi connectivity index (χ0n) is 21.6. The minimum absolute atomic E-state index is 0.0189. The second-order valence-corrected chi connectivity index (χ2v) is 14.2. The number of amides is 3. The predicted octanol–water partition coefficient (Wildman–Crippen LogP) is 2.72. The zero-order valence-corrected chi connectivity index (χ0v) is 22.4. The first-order valence-corrected chi connectivity index (χ1v) is 15.2. The summed E-state index contributed by atoms with van der Waals surface area (Å²) in [5.41, 5.74) is 2.58. The molecule has 0 aromatic rings. The first kappa shape index (κ1) is 26.3. The lowest BCUT2D eigenvalue weighted by atomic mass is 9.79. The number of rotatable bonds is 7. The molecule has 9 nitrogen and oxygen atoms in total. The largest absolute Gasteiger partial charge is 0.326 e. The highest BCUT2D eigenvalue weighted by atomic mass is 32.2. The van der Waals surface area contributed by atoms with Gasteiger partial charge in [0.25, 0.3) is 0 Å². The number of nitrogens with one attached hydrogen (secondary N) is 2. The van der Waals surface area contributed by atoms with Crippen LogP contribution in [0.2, 0.25) is 0 Å². The van der Waals surface area contributed by atoms with Crippen molar-refractivity contribution in [3.8, 4) is 0 Å². The van der Waals surface area contributed by atoms with Gasteiger partial charge in [0.15, 0.2) is 0 Å². The maximum atomic E-state index is 13.8. The third kappa shape index (κ3) is 5.17. The van der Waals surface area contributed by atoms with E-state index in [1.807, 2.05) is 25.7 Å². The molecule has 204 valence electrons. The van der Waals surface area contributed by atoms with Gasteiger partial charge in [0.05, 0.1) is 17.3 Å². The third-order valence-electron chi connectivity index (χ3n) is 9.36. The summed E-state index contributed by atoms with van der Waals surface area (Å²) in [7, 11) is -3.57. The lowest BCUT2D eigenvalue weighted by molar-refractivity contribution is -0.141. The summed E-state index contributed by atoms with van der Waals surface area (Å²) in [6.45, 7) is 6.53. The highest BCUT2D eigenvalue weighted by Gasteiger charge is 2.53. The van der Waals surface area contributed by atoms with Crippen LogP contribution in [0.5, 0.6) is 0 Å². The Bertz CT molecular complexity index is 957. The van der Waals surface area contributed by atoms with Crippen molar-refractivity contribution in [3.63, 3.8) is 0 Å². The van der Waals surface area contributed by atoms with Crippen molar-refractivity contribution in [2.24, 2.45) is 17.8 Å². The summed E-state index contributed by atoms with van der Waals surface area (Å²) in [5, 5.41) is -0.645. The van der Waals surface area contributed by atoms with E-state index in [0.717, 1.165) is 25.7 Å². The topological polar surface area (TPSA) is 108 Å². The quantitative estimate of drug-likeness (QED) is 0.526. The summed E-state index contributed by atoms with van der Waals surface area (Å²) >= 11 is 0. The van der Waals surface area contributed by atoms with Gasteiger partial charge in [-0.3, -0.25) is 14.5 Å². The van der Waals surface area contributed by atoms with Crippen LogP contribution >= 0.6 is 0 Å². The van der Waals surface area contributed by atoms with Gasteiger partial charge in [-0.1, -0.05) is 0 Å². The van der Waals surface area contributed by atoms with Gasteiger partial charge >= 0.3 is 6.03 Å². The molecular formula is C25H41FN4O5S. The first-order chi connectivity index (χ1) is 17.0. The standard InChI is InChI=1S/C25H41FN4O5S/c1-15-21(16(2)35-27-15)14-30-23(31)20-12-19(36(33,34)28-25(3)10-11-25)8-9-22(20)29(24(30)32)13-17-4-6-18(26)7-5-17/h15-22,27-28H,4-14H2,1-3H3. The predicted molar refractivity (Wildman–Crippen MR) is 132 cm³/mol. The average Bonchev–Trinajstić information content (AvgIpc) is 3.47. The fraction of sp³-hybridized carbons (Fsp3) is 0.920. The van der Waals surface area contributed by atoms with Crippen LogP contribution in [-0.2, 0) is 19.7 Å². The van der Waals surface area contributed by atoms with Crippen LogP contribution in [0.1, 0.15) is 78.6 Å². The van der Waals surface area contributed by atoms with Crippen molar-refractivity contribution in [1.29, 1.82) is 0 Å². The van der Waals surface area contributed by atoms with Crippen molar-refractivity contribution in [1.82, 2.24) is 20.0 Å². The molecule has 11 heteroatoms. The summed E-state index contributed by atoms with van der Waals surface area (Å²) in [6.07, 6.45) is 4.32. The van der Waals surface area contributed by atoms with Crippen LogP contribution in [0.3, 0.4) is 0 Å². The summed E-state index contributed by atoms with van der Waals surface area (Å²) in [6, 6.07) is -0.616. The fourth-order valence-electron chi connectivity index (χ4n) is 6.62. The number of sulfonamides is 1. The van der Waals surface area contributed by atoms with Crippen molar-refractivity contribution < 1.29 is 27.2 Å². The molecule has 36 heavy (non-hydrogen) atoms. The fourth-order valence-corrected chi connectivity index (χ4v) is 8.59. The second kappa shape index (κ2) is 9.78.